The Labute approximate surface area is 222 Å². The van der Waals surface area contributed by atoms with Crippen LogP contribution in [0.3, 0.4) is 0 Å². The van der Waals surface area contributed by atoms with E-state index in [1.807, 2.05) is 17.3 Å². The lowest BCUT2D eigenvalue weighted by Gasteiger charge is -2.34. The first kappa shape index (κ1) is 26.8. The molecule has 4 aliphatic heterocycles. The molecule has 0 saturated carbocycles. The van der Waals surface area contributed by atoms with Gasteiger partial charge >= 0.3 is 0 Å². The van der Waals surface area contributed by atoms with Gasteiger partial charge in [0.05, 0.1) is 19.4 Å². The van der Waals surface area contributed by atoms with Crippen LogP contribution in [0.4, 0.5) is 0 Å². The molecule has 0 spiro atoms. The molecule has 0 bridgehead atoms. The van der Waals surface area contributed by atoms with Gasteiger partial charge in [0, 0.05) is 32.7 Å². The Morgan fingerprint density at radius 3 is 2.62 bits per heavy atom. The van der Waals surface area contributed by atoms with Gasteiger partial charge in [0.15, 0.2) is 6.29 Å². The summed E-state index contributed by atoms with van der Waals surface area (Å²) in [4.78, 5) is 4.94. The van der Waals surface area contributed by atoms with Gasteiger partial charge in [-0.25, -0.2) is 13.5 Å². The molecule has 10 nitrogen and oxygen atoms in total. The van der Waals surface area contributed by atoms with Crippen molar-refractivity contribution in [3.05, 3.63) is 29.3 Å². The van der Waals surface area contributed by atoms with Crippen molar-refractivity contribution in [1.29, 1.82) is 0 Å². The maximum atomic E-state index is 11.8. The first-order valence-corrected chi connectivity index (χ1v) is 15.9. The zero-order chi connectivity index (χ0) is 25.7. The fourth-order valence-corrected chi connectivity index (χ4v) is 6.70. The Kier molecular flexibility index (Phi) is 8.97. The lowest BCUT2D eigenvalue weighted by molar-refractivity contribution is 0.0727. The third-order valence-corrected chi connectivity index (χ3v) is 9.50. The number of rotatable bonds is 10. The summed E-state index contributed by atoms with van der Waals surface area (Å²) in [5, 5.41) is 10.8. The second-order valence-corrected chi connectivity index (χ2v) is 13.0. The zero-order valence-corrected chi connectivity index (χ0v) is 23.0. The van der Waals surface area contributed by atoms with E-state index >= 15 is 0 Å². The molecule has 2 fully saturated rings. The van der Waals surface area contributed by atoms with Crippen LogP contribution in [0.15, 0.2) is 28.5 Å². The van der Waals surface area contributed by atoms with E-state index in [0.29, 0.717) is 13.1 Å². The minimum atomic E-state index is -3.14. The summed E-state index contributed by atoms with van der Waals surface area (Å²) in [6, 6.07) is 6.08. The third-order valence-electron chi connectivity index (χ3n) is 8.25. The van der Waals surface area contributed by atoms with E-state index in [0.717, 1.165) is 62.9 Å². The number of nitrogens with zero attached hydrogens (tertiary/aromatic N) is 6. The molecule has 1 N–H and O–H groups in total. The molecule has 5 rings (SSSR count). The molecule has 1 atom stereocenters. The average molecular weight is 534 g/mol. The van der Waals surface area contributed by atoms with Gasteiger partial charge in [-0.15, -0.1) is 5.11 Å². The summed E-state index contributed by atoms with van der Waals surface area (Å²) in [7, 11) is -3.14. The molecular formula is C26H43N7O3S. The molecule has 0 aromatic heterocycles. The molecule has 37 heavy (non-hydrogen) atoms. The van der Waals surface area contributed by atoms with Crippen molar-refractivity contribution in [2.45, 2.75) is 64.2 Å². The molecule has 0 aliphatic carbocycles. The van der Waals surface area contributed by atoms with E-state index < -0.39 is 10.0 Å². The molecular weight excluding hydrogens is 490 g/mol. The second kappa shape index (κ2) is 12.4. The molecule has 11 heteroatoms. The highest BCUT2D eigenvalue weighted by molar-refractivity contribution is 7.88. The maximum Gasteiger partial charge on any atom is 0.211 e. The summed E-state index contributed by atoms with van der Waals surface area (Å²) in [6.07, 6.45) is 10.6. The lowest BCUT2D eigenvalue weighted by Crippen LogP contribution is -2.50. The predicted octanol–water partition coefficient (Wildman–Crippen LogP) is 2.83. The molecule has 1 aromatic rings. The summed E-state index contributed by atoms with van der Waals surface area (Å²) in [5.41, 5.74) is 5.75. The van der Waals surface area contributed by atoms with Gasteiger partial charge in [0.1, 0.15) is 5.75 Å². The summed E-state index contributed by atoms with van der Waals surface area (Å²) in [5.74, 6) is 1.63. The molecule has 0 amide bonds. The van der Waals surface area contributed by atoms with Crippen molar-refractivity contribution in [2.24, 2.45) is 16.3 Å². The number of hydrazine groups is 1. The number of piperidine rings is 2. The Morgan fingerprint density at radius 2 is 1.84 bits per heavy atom. The number of nitrogens with one attached hydrogen (secondary N) is 1. The van der Waals surface area contributed by atoms with Gasteiger partial charge in [0.25, 0.3) is 0 Å². The summed E-state index contributed by atoms with van der Waals surface area (Å²) >= 11 is 0. The Hall–Kier alpha value is -1.79. The highest BCUT2D eigenvalue weighted by atomic mass is 32.2. The minimum absolute atomic E-state index is 0.0147. The van der Waals surface area contributed by atoms with E-state index in [9.17, 15) is 8.42 Å². The van der Waals surface area contributed by atoms with Crippen LogP contribution >= 0.6 is 0 Å². The minimum Gasteiger partial charge on any atom is -0.494 e. The number of ether oxygens (including phenoxy) is 1. The fraction of sp³-hybridized carbons (Fsp3) is 0.769. The summed E-state index contributed by atoms with van der Waals surface area (Å²) in [6.45, 7) is 8.20. The van der Waals surface area contributed by atoms with Crippen molar-refractivity contribution in [1.82, 2.24) is 24.6 Å². The van der Waals surface area contributed by atoms with Gasteiger partial charge in [-0.05, 0) is 87.2 Å². The van der Waals surface area contributed by atoms with Gasteiger partial charge in [0.2, 0.25) is 10.0 Å². The topological polar surface area (TPSA) is 93.1 Å². The van der Waals surface area contributed by atoms with Gasteiger partial charge in [-0.1, -0.05) is 17.7 Å². The van der Waals surface area contributed by atoms with Crippen molar-refractivity contribution in [3.8, 4) is 5.75 Å². The Bertz CT molecular complexity index is 1020. The lowest BCUT2D eigenvalue weighted by atomic mass is 9.92. The van der Waals surface area contributed by atoms with E-state index in [-0.39, 0.29) is 6.29 Å². The van der Waals surface area contributed by atoms with Gasteiger partial charge < -0.3 is 9.64 Å². The summed E-state index contributed by atoms with van der Waals surface area (Å²) < 4.78 is 31.2. The number of likely N-dealkylation sites (tertiary alicyclic amines) is 2. The fourth-order valence-electron chi connectivity index (χ4n) is 5.90. The van der Waals surface area contributed by atoms with Crippen LogP contribution in [0.1, 0.15) is 56.1 Å². The van der Waals surface area contributed by atoms with Crippen LogP contribution in [0.25, 0.3) is 0 Å². The van der Waals surface area contributed by atoms with Crippen LogP contribution < -0.4 is 10.2 Å². The SMILES string of the molecule is CS(=O)(=O)N1CCc2cc(OCCCC3CCN(C4N=NN(CCN5CCCCC5)N4)CC3)ccc2C1. The van der Waals surface area contributed by atoms with E-state index in [1.54, 1.807) is 4.31 Å². The van der Waals surface area contributed by atoms with Crippen LogP contribution in [0.5, 0.6) is 5.75 Å². The first-order valence-electron chi connectivity index (χ1n) is 14.0. The van der Waals surface area contributed by atoms with Crippen molar-refractivity contribution >= 4 is 10.0 Å². The van der Waals surface area contributed by atoms with E-state index in [4.69, 9.17) is 4.74 Å². The van der Waals surface area contributed by atoms with Crippen molar-refractivity contribution in [3.63, 3.8) is 0 Å². The highest BCUT2D eigenvalue weighted by Crippen LogP contribution is 2.27. The van der Waals surface area contributed by atoms with Crippen molar-refractivity contribution in [2.75, 3.05) is 58.7 Å². The smallest absolute Gasteiger partial charge is 0.211 e. The normalized spacial score (nSPS) is 24.5. The second-order valence-electron chi connectivity index (χ2n) is 11.0. The number of fused-ring (bicyclic) bond motifs is 1. The van der Waals surface area contributed by atoms with Crippen molar-refractivity contribution < 1.29 is 13.2 Å². The van der Waals surface area contributed by atoms with Crippen LogP contribution in [-0.4, -0.2) is 92.6 Å². The number of sulfonamides is 1. The predicted molar refractivity (Wildman–Crippen MR) is 143 cm³/mol. The Balaban J connectivity index is 0.959. The van der Waals surface area contributed by atoms with Gasteiger partial charge in [-0.3, -0.25) is 4.90 Å². The van der Waals surface area contributed by atoms with Gasteiger partial charge in [-0.2, -0.15) is 9.73 Å². The van der Waals surface area contributed by atoms with Crippen LogP contribution in [0.2, 0.25) is 0 Å². The van der Waals surface area contributed by atoms with Crippen LogP contribution in [-0.2, 0) is 23.0 Å². The van der Waals surface area contributed by atoms with Crippen LogP contribution in [0, 0.1) is 5.92 Å². The molecule has 0 radical (unpaired) electrons. The number of hydrogen-bond acceptors (Lipinski definition) is 9. The molecule has 1 unspecified atom stereocenters. The third kappa shape index (κ3) is 7.41. The number of hydrogen-bond donors (Lipinski definition) is 1. The Morgan fingerprint density at radius 1 is 1.03 bits per heavy atom. The molecule has 206 valence electrons. The zero-order valence-electron chi connectivity index (χ0n) is 22.2. The maximum absolute atomic E-state index is 11.8. The van der Waals surface area contributed by atoms with E-state index in [2.05, 4.69) is 31.6 Å². The first-order chi connectivity index (χ1) is 17.9. The standard InChI is InChI=1S/C26H43N7O3S/c1-37(34,35)32-16-11-23-20-25(8-7-24(23)21-32)36-19-5-6-22-9-14-31(15-10-22)26-27-29-33(28-26)18-17-30-12-3-2-4-13-30/h7-8,20,22,26,28H,2-6,9-19,21H2,1H3. The monoisotopic (exact) mass is 533 g/mol. The molecule has 4 heterocycles. The highest BCUT2D eigenvalue weighted by Gasteiger charge is 2.29. The number of benzene rings is 1. The quantitative estimate of drug-likeness (QED) is 0.462. The largest absolute Gasteiger partial charge is 0.494 e. The molecule has 2 saturated heterocycles. The van der Waals surface area contributed by atoms with E-state index in [1.165, 1.54) is 63.4 Å². The molecule has 1 aromatic carbocycles. The molecule has 4 aliphatic rings. The average Bonchev–Trinajstić information content (AvgIpc) is 3.39.